The van der Waals surface area contributed by atoms with Gasteiger partial charge >= 0.3 is 0 Å². The van der Waals surface area contributed by atoms with E-state index in [-0.39, 0.29) is 5.82 Å². The van der Waals surface area contributed by atoms with Crippen LogP contribution in [0, 0.1) is 11.2 Å². The molecule has 0 bridgehead atoms. The molecule has 1 aromatic carbocycles. The third-order valence-corrected chi connectivity index (χ3v) is 4.60. The van der Waals surface area contributed by atoms with Gasteiger partial charge in [0.15, 0.2) is 0 Å². The molecule has 3 heteroatoms. The Labute approximate surface area is 115 Å². The van der Waals surface area contributed by atoms with Gasteiger partial charge < -0.3 is 10.0 Å². The molecule has 2 nitrogen and oxygen atoms in total. The maximum atomic E-state index is 13.3. The Morgan fingerprint density at radius 2 is 2.00 bits per heavy atom. The van der Waals surface area contributed by atoms with Gasteiger partial charge in [0.05, 0.1) is 6.10 Å². The largest absolute Gasteiger partial charge is 0.389 e. The summed E-state index contributed by atoms with van der Waals surface area (Å²) in [5, 5.41) is 9.82. The molecule has 106 valence electrons. The van der Waals surface area contributed by atoms with Gasteiger partial charge in [-0.2, -0.15) is 0 Å². The molecule has 1 saturated heterocycles. The SMILES string of the molecule is CCC1(C)CCN(c2ccc(F)cc2C(C)O)CC1. The van der Waals surface area contributed by atoms with E-state index in [0.29, 0.717) is 11.0 Å². The molecule has 1 N–H and O–H groups in total. The van der Waals surface area contributed by atoms with E-state index in [0.717, 1.165) is 31.6 Å². The molecular weight excluding hydrogens is 241 g/mol. The van der Waals surface area contributed by atoms with Gasteiger partial charge in [-0.25, -0.2) is 4.39 Å². The summed E-state index contributed by atoms with van der Waals surface area (Å²) in [7, 11) is 0. The normalized spacial score (nSPS) is 20.4. The van der Waals surface area contributed by atoms with Crippen molar-refractivity contribution >= 4 is 5.69 Å². The first-order valence-corrected chi connectivity index (χ1v) is 7.18. The number of hydrogen-bond donors (Lipinski definition) is 1. The fourth-order valence-electron chi connectivity index (χ4n) is 2.79. The number of anilines is 1. The predicted octanol–water partition coefficient (Wildman–Crippen LogP) is 3.90. The zero-order valence-electron chi connectivity index (χ0n) is 12.1. The first-order valence-electron chi connectivity index (χ1n) is 7.18. The lowest BCUT2D eigenvalue weighted by Gasteiger charge is -2.41. The van der Waals surface area contributed by atoms with Crippen molar-refractivity contribution in [3.8, 4) is 0 Å². The molecule has 19 heavy (non-hydrogen) atoms. The maximum Gasteiger partial charge on any atom is 0.123 e. The fourth-order valence-corrected chi connectivity index (χ4v) is 2.79. The minimum Gasteiger partial charge on any atom is -0.389 e. The zero-order valence-corrected chi connectivity index (χ0v) is 12.1. The molecule has 0 aromatic heterocycles. The lowest BCUT2D eigenvalue weighted by molar-refractivity contribution is 0.198. The van der Waals surface area contributed by atoms with Crippen molar-refractivity contribution in [1.29, 1.82) is 0 Å². The highest BCUT2D eigenvalue weighted by molar-refractivity contribution is 5.55. The molecule has 0 saturated carbocycles. The van der Waals surface area contributed by atoms with E-state index in [2.05, 4.69) is 18.7 Å². The van der Waals surface area contributed by atoms with Gasteiger partial charge in [-0.05, 0) is 43.4 Å². The Bertz CT molecular complexity index is 436. The van der Waals surface area contributed by atoms with Crippen LogP contribution in [0.15, 0.2) is 18.2 Å². The van der Waals surface area contributed by atoms with Crippen molar-refractivity contribution in [3.63, 3.8) is 0 Å². The Hall–Kier alpha value is -1.09. The fraction of sp³-hybridized carbons (Fsp3) is 0.625. The van der Waals surface area contributed by atoms with Gasteiger partial charge in [0.25, 0.3) is 0 Å². The van der Waals surface area contributed by atoms with Crippen LogP contribution in [0.5, 0.6) is 0 Å². The van der Waals surface area contributed by atoms with E-state index < -0.39 is 6.10 Å². The lowest BCUT2D eigenvalue weighted by atomic mass is 9.78. The molecule has 1 unspecified atom stereocenters. The Morgan fingerprint density at radius 3 is 2.53 bits per heavy atom. The van der Waals surface area contributed by atoms with Crippen molar-refractivity contribution in [2.45, 2.75) is 46.1 Å². The molecule has 1 aliphatic rings. The molecule has 0 radical (unpaired) electrons. The first kappa shape index (κ1) is 14.3. The minimum absolute atomic E-state index is 0.282. The van der Waals surface area contributed by atoms with E-state index in [1.165, 1.54) is 18.6 Å². The van der Waals surface area contributed by atoms with Crippen LogP contribution >= 0.6 is 0 Å². The van der Waals surface area contributed by atoms with Crippen LogP contribution < -0.4 is 4.90 Å². The number of hydrogen-bond acceptors (Lipinski definition) is 2. The Kier molecular flexibility index (Phi) is 4.14. The van der Waals surface area contributed by atoms with Crippen molar-refractivity contribution in [3.05, 3.63) is 29.6 Å². The first-order chi connectivity index (χ1) is 8.95. The Balaban J connectivity index is 2.20. The number of rotatable bonds is 3. The van der Waals surface area contributed by atoms with Crippen molar-refractivity contribution < 1.29 is 9.50 Å². The van der Waals surface area contributed by atoms with Gasteiger partial charge in [0.2, 0.25) is 0 Å². The predicted molar refractivity (Wildman–Crippen MR) is 76.9 cm³/mol. The summed E-state index contributed by atoms with van der Waals surface area (Å²) in [6.45, 7) is 8.24. The molecule has 0 spiro atoms. The maximum absolute atomic E-state index is 13.3. The summed E-state index contributed by atoms with van der Waals surface area (Å²) >= 11 is 0. The van der Waals surface area contributed by atoms with E-state index in [1.54, 1.807) is 13.0 Å². The second-order valence-electron chi connectivity index (χ2n) is 6.03. The molecule has 0 aliphatic carbocycles. The van der Waals surface area contributed by atoms with E-state index in [1.807, 2.05) is 0 Å². The van der Waals surface area contributed by atoms with Crippen LogP contribution in [0.4, 0.5) is 10.1 Å². The number of nitrogens with zero attached hydrogens (tertiary/aromatic N) is 1. The van der Waals surface area contributed by atoms with Crippen molar-refractivity contribution in [2.75, 3.05) is 18.0 Å². The highest BCUT2D eigenvalue weighted by Gasteiger charge is 2.29. The van der Waals surface area contributed by atoms with Gasteiger partial charge in [-0.3, -0.25) is 0 Å². The summed E-state index contributed by atoms with van der Waals surface area (Å²) in [5.41, 5.74) is 2.11. The standard InChI is InChI=1S/C16H24FNO/c1-4-16(3)7-9-18(10-8-16)15-6-5-13(17)11-14(15)12(2)19/h5-6,11-12,19H,4,7-10H2,1-3H3. The molecular formula is C16H24FNO. The van der Waals surface area contributed by atoms with Gasteiger partial charge in [-0.15, -0.1) is 0 Å². The molecule has 1 fully saturated rings. The van der Waals surface area contributed by atoms with E-state index in [4.69, 9.17) is 0 Å². The van der Waals surface area contributed by atoms with Gasteiger partial charge in [0, 0.05) is 24.3 Å². The second kappa shape index (κ2) is 5.49. The number of halogens is 1. The lowest BCUT2D eigenvalue weighted by Crippen LogP contribution is -2.39. The average molecular weight is 265 g/mol. The van der Waals surface area contributed by atoms with Crippen LogP contribution in [0.2, 0.25) is 0 Å². The number of aliphatic hydroxyl groups is 1. The van der Waals surface area contributed by atoms with E-state index >= 15 is 0 Å². The highest BCUT2D eigenvalue weighted by Crippen LogP contribution is 2.37. The smallest absolute Gasteiger partial charge is 0.123 e. The molecule has 2 rings (SSSR count). The monoisotopic (exact) mass is 265 g/mol. The molecule has 1 atom stereocenters. The molecule has 1 aromatic rings. The van der Waals surface area contributed by atoms with Crippen LogP contribution in [0.25, 0.3) is 0 Å². The van der Waals surface area contributed by atoms with Gasteiger partial charge in [-0.1, -0.05) is 20.3 Å². The molecule has 1 aliphatic heterocycles. The minimum atomic E-state index is -0.634. The zero-order chi connectivity index (χ0) is 14.0. The Morgan fingerprint density at radius 1 is 1.37 bits per heavy atom. The molecule has 1 heterocycles. The van der Waals surface area contributed by atoms with Crippen LogP contribution in [-0.2, 0) is 0 Å². The van der Waals surface area contributed by atoms with E-state index in [9.17, 15) is 9.50 Å². The summed E-state index contributed by atoms with van der Waals surface area (Å²) < 4.78 is 13.3. The van der Waals surface area contributed by atoms with Crippen molar-refractivity contribution in [1.82, 2.24) is 0 Å². The van der Waals surface area contributed by atoms with Gasteiger partial charge in [0.1, 0.15) is 5.82 Å². The summed E-state index contributed by atoms with van der Waals surface area (Å²) in [6, 6.07) is 4.73. The molecule has 0 amide bonds. The summed E-state index contributed by atoms with van der Waals surface area (Å²) in [5.74, 6) is -0.282. The third-order valence-electron chi connectivity index (χ3n) is 4.60. The number of piperidine rings is 1. The average Bonchev–Trinajstić information content (AvgIpc) is 2.40. The van der Waals surface area contributed by atoms with Crippen LogP contribution in [0.1, 0.15) is 51.7 Å². The quantitative estimate of drug-likeness (QED) is 0.896. The summed E-state index contributed by atoms with van der Waals surface area (Å²) in [6.07, 6.45) is 2.87. The van der Waals surface area contributed by atoms with Crippen molar-refractivity contribution in [2.24, 2.45) is 5.41 Å². The van der Waals surface area contributed by atoms with Crippen LogP contribution in [-0.4, -0.2) is 18.2 Å². The number of benzene rings is 1. The topological polar surface area (TPSA) is 23.5 Å². The third kappa shape index (κ3) is 3.08. The highest BCUT2D eigenvalue weighted by atomic mass is 19.1. The summed E-state index contributed by atoms with van der Waals surface area (Å²) in [4.78, 5) is 2.28. The number of aliphatic hydroxyl groups excluding tert-OH is 1. The van der Waals surface area contributed by atoms with Crippen LogP contribution in [0.3, 0.4) is 0 Å². The second-order valence-corrected chi connectivity index (χ2v) is 6.03.